The van der Waals surface area contributed by atoms with Crippen LogP contribution in [0, 0.1) is 0 Å². The first-order chi connectivity index (χ1) is 9.67. The van der Waals surface area contributed by atoms with E-state index < -0.39 is 0 Å². The van der Waals surface area contributed by atoms with Crippen LogP contribution in [-0.2, 0) is 5.75 Å². The fraction of sp³-hybridized carbons (Fsp3) is 0.143. The molecule has 0 radical (unpaired) electrons. The third-order valence-electron chi connectivity index (χ3n) is 2.46. The van der Waals surface area contributed by atoms with Crippen molar-refractivity contribution >= 4 is 59.0 Å². The molecule has 0 unspecified atom stereocenters. The van der Waals surface area contributed by atoms with Crippen LogP contribution in [-0.4, -0.2) is 17.3 Å². The number of nitrogens with zero attached hydrogens (tertiary/aromatic N) is 2. The van der Waals surface area contributed by atoms with Gasteiger partial charge in [-0.3, -0.25) is 4.98 Å². The first kappa shape index (κ1) is 20.9. The molecule has 1 aromatic carbocycles. The van der Waals surface area contributed by atoms with Crippen LogP contribution in [0.1, 0.15) is 5.69 Å². The van der Waals surface area contributed by atoms with Gasteiger partial charge in [-0.2, -0.15) is 0 Å². The van der Waals surface area contributed by atoms with Crippen LogP contribution in [0.3, 0.4) is 0 Å². The topological polar surface area (TPSA) is 60.5 Å². The summed E-state index contributed by atoms with van der Waals surface area (Å²) in [6.07, 6.45) is 1.71. The van der Waals surface area contributed by atoms with Gasteiger partial charge in [-0.1, -0.05) is 23.4 Å². The zero-order chi connectivity index (χ0) is 14.4. The summed E-state index contributed by atoms with van der Waals surface area (Å²) in [4.78, 5) is 8.55. The maximum atomic E-state index is 5.88. The minimum atomic E-state index is 0. The van der Waals surface area contributed by atoms with Crippen molar-refractivity contribution in [2.45, 2.75) is 5.75 Å². The number of thioether (sulfide) groups is 1. The molecule has 0 saturated heterocycles. The van der Waals surface area contributed by atoms with E-state index in [1.807, 2.05) is 18.2 Å². The molecule has 0 atom stereocenters. The fourth-order valence-corrected chi connectivity index (χ4v) is 2.23. The number of ether oxygens (including phenoxy) is 1. The molecule has 0 fully saturated rings. The van der Waals surface area contributed by atoms with Crippen molar-refractivity contribution in [3.63, 3.8) is 0 Å². The first-order valence-electron chi connectivity index (χ1n) is 5.89. The summed E-state index contributed by atoms with van der Waals surface area (Å²) in [6.45, 7) is 0. The number of aliphatic imine (C=N–C) groups is 1. The molecule has 120 valence electrons. The van der Waals surface area contributed by atoms with Crippen LogP contribution in [0.2, 0.25) is 5.02 Å². The van der Waals surface area contributed by atoms with Gasteiger partial charge in [0.05, 0.1) is 18.5 Å². The van der Waals surface area contributed by atoms with Crippen LogP contribution in [0.15, 0.2) is 47.6 Å². The monoisotopic (exact) mass is 379 g/mol. The second kappa shape index (κ2) is 10.6. The molecule has 2 N–H and O–H groups in total. The van der Waals surface area contributed by atoms with E-state index in [9.17, 15) is 0 Å². The Kier molecular flexibility index (Phi) is 10.0. The number of hydrogen-bond donors (Lipinski definition) is 1. The molecule has 0 aliphatic rings. The molecule has 1 aromatic heterocycles. The average molecular weight is 381 g/mol. The predicted molar refractivity (Wildman–Crippen MR) is 99.3 cm³/mol. The van der Waals surface area contributed by atoms with Crippen molar-refractivity contribution in [2.75, 3.05) is 7.11 Å². The van der Waals surface area contributed by atoms with Crippen LogP contribution in [0.4, 0.5) is 5.69 Å². The van der Waals surface area contributed by atoms with E-state index in [1.165, 1.54) is 11.8 Å². The molecule has 8 heteroatoms. The average Bonchev–Trinajstić information content (AvgIpc) is 2.48. The van der Waals surface area contributed by atoms with Crippen LogP contribution in [0.5, 0.6) is 5.75 Å². The van der Waals surface area contributed by atoms with Crippen LogP contribution >= 0.6 is 48.2 Å². The maximum absolute atomic E-state index is 5.88. The van der Waals surface area contributed by atoms with Crippen molar-refractivity contribution in [2.24, 2.45) is 10.7 Å². The summed E-state index contributed by atoms with van der Waals surface area (Å²) in [5.74, 6) is 1.42. The highest BCUT2D eigenvalue weighted by Gasteiger charge is 2.01. The molecule has 2 aromatic rings. The second-order valence-corrected chi connectivity index (χ2v) is 5.33. The Labute approximate surface area is 151 Å². The molecule has 0 aliphatic carbocycles. The van der Waals surface area contributed by atoms with Gasteiger partial charge < -0.3 is 10.5 Å². The van der Waals surface area contributed by atoms with E-state index in [4.69, 9.17) is 22.1 Å². The largest absolute Gasteiger partial charge is 0.497 e. The molecular formula is C14H16Cl3N3OS. The highest BCUT2D eigenvalue weighted by atomic mass is 35.5. The zero-order valence-corrected chi connectivity index (χ0v) is 14.9. The van der Waals surface area contributed by atoms with E-state index in [0.717, 1.165) is 17.1 Å². The lowest BCUT2D eigenvalue weighted by atomic mass is 10.3. The number of amidine groups is 1. The lowest BCUT2D eigenvalue weighted by Crippen LogP contribution is -2.06. The maximum Gasteiger partial charge on any atom is 0.159 e. The van der Waals surface area contributed by atoms with E-state index in [-0.39, 0.29) is 24.8 Å². The minimum Gasteiger partial charge on any atom is -0.497 e. The lowest BCUT2D eigenvalue weighted by Gasteiger charge is -2.03. The standard InChI is InChI=1S/C14H14ClN3OS.2ClH/c1-19-13-6-7-17-12(8-13)9-20-14(16)18-11-4-2-10(15)3-5-11;;/h2-8H,9H2,1H3,(H2,16,18);2*1H. The fourth-order valence-electron chi connectivity index (χ4n) is 1.48. The van der Waals surface area contributed by atoms with E-state index >= 15 is 0 Å². The quantitative estimate of drug-likeness (QED) is 0.628. The van der Waals surface area contributed by atoms with Gasteiger partial charge in [0, 0.05) is 23.0 Å². The van der Waals surface area contributed by atoms with E-state index in [0.29, 0.717) is 15.9 Å². The number of hydrogen-bond acceptors (Lipinski definition) is 4. The molecule has 0 amide bonds. The van der Waals surface area contributed by atoms with Gasteiger partial charge in [-0.15, -0.1) is 24.8 Å². The number of benzene rings is 1. The molecule has 2 rings (SSSR count). The van der Waals surface area contributed by atoms with Gasteiger partial charge in [0.2, 0.25) is 0 Å². The molecule has 0 spiro atoms. The first-order valence-corrected chi connectivity index (χ1v) is 7.25. The number of nitrogens with two attached hydrogens (primary N) is 1. The Morgan fingerprint density at radius 2 is 1.95 bits per heavy atom. The summed E-state index contributed by atoms with van der Waals surface area (Å²) in [5.41, 5.74) is 7.55. The third-order valence-corrected chi connectivity index (χ3v) is 3.54. The molecule has 4 nitrogen and oxygen atoms in total. The van der Waals surface area contributed by atoms with Gasteiger partial charge in [0.1, 0.15) is 5.75 Å². The van der Waals surface area contributed by atoms with Crippen molar-refractivity contribution in [1.29, 1.82) is 0 Å². The molecular weight excluding hydrogens is 365 g/mol. The molecule has 1 heterocycles. The lowest BCUT2D eigenvalue weighted by molar-refractivity contribution is 0.413. The molecule has 0 bridgehead atoms. The van der Waals surface area contributed by atoms with Crippen molar-refractivity contribution in [3.8, 4) is 5.75 Å². The highest BCUT2D eigenvalue weighted by molar-refractivity contribution is 8.13. The molecule has 0 aliphatic heterocycles. The van der Waals surface area contributed by atoms with Crippen molar-refractivity contribution < 1.29 is 4.74 Å². The zero-order valence-electron chi connectivity index (χ0n) is 11.7. The van der Waals surface area contributed by atoms with Gasteiger partial charge >= 0.3 is 0 Å². The van der Waals surface area contributed by atoms with Gasteiger partial charge in [-0.25, -0.2) is 4.99 Å². The Morgan fingerprint density at radius 1 is 1.27 bits per heavy atom. The van der Waals surface area contributed by atoms with Crippen molar-refractivity contribution in [3.05, 3.63) is 53.3 Å². The number of methoxy groups -OCH3 is 1. The Morgan fingerprint density at radius 3 is 2.59 bits per heavy atom. The predicted octanol–water partition coefficient (Wildman–Crippen LogP) is 4.47. The smallest absolute Gasteiger partial charge is 0.159 e. The van der Waals surface area contributed by atoms with Crippen LogP contribution < -0.4 is 10.5 Å². The van der Waals surface area contributed by atoms with Gasteiger partial charge in [0.25, 0.3) is 0 Å². The number of aromatic nitrogens is 1. The summed E-state index contributed by atoms with van der Waals surface area (Å²) in [6, 6.07) is 10.9. The minimum absolute atomic E-state index is 0. The second-order valence-electron chi connectivity index (χ2n) is 3.90. The highest BCUT2D eigenvalue weighted by Crippen LogP contribution is 2.19. The summed E-state index contributed by atoms with van der Waals surface area (Å²) in [5, 5.41) is 1.16. The number of rotatable bonds is 4. The summed E-state index contributed by atoms with van der Waals surface area (Å²) < 4.78 is 5.15. The Bertz CT molecular complexity index is 609. The normalized spacial score (nSPS) is 10.4. The Hall–Kier alpha value is -1.14. The van der Waals surface area contributed by atoms with Crippen molar-refractivity contribution in [1.82, 2.24) is 4.98 Å². The number of pyridine rings is 1. The molecule has 0 saturated carbocycles. The molecule has 22 heavy (non-hydrogen) atoms. The van der Waals surface area contributed by atoms with Gasteiger partial charge in [0.15, 0.2) is 5.17 Å². The summed E-state index contributed by atoms with van der Waals surface area (Å²) in [7, 11) is 1.63. The van der Waals surface area contributed by atoms with Crippen LogP contribution in [0.25, 0.3) is 0 Å². The number of halogens is 3. The third kappa shape index (κ3) is 6.75. The summed E-state index contributed by atoms with van der Waals surface area (Å²) >= 11 is 7.24. The SMILES string of the molecule is COc1ccnc(CSC(N)=Nc2ccc(Cl)cc2)c1.Cl.Cl. The van der Waals surface area contributed by atoms with Gasteiger partial charge in [-0.05, 0) is 30.3 Å². The van der Waals surface area contributed by atoms with E-state index in [1.54, 1.807) is 31.5 Å². The van der Waals surface area contributed by atoms with E-state index in [2.05, 4.69) is 9.98 Å². The Balaban J connectivity index is 0.00000220.